The van der Waals surface area contributed by atoms with Gasteiger partial charge in [0.25, 0.3) is 0 Å². The largest absolute Gasteiger partial charge is 1.00 e. The van der Waals surface area contributed by atoms with Crippen LogP contribution in [0.1, 0.15) is 32.6 Å². The Morgan fingerprint density at radius 3 is 2.39 bits per heavy atom. The van der Waals surface area contributed by atoms with Crippen LogP contribution in [-0.2, 0) is 31.6 Å². The van der Waals surface area contributed by atoms with E-state index in [1.165, 1.54) is 45.9 Å². The number of aromatic nitrogens is 1. The number of benzene rings is 3. The number of hydrogen-bond acceptors (Lipinski definition) is 2. The maximum absolute atomic E-state index is 12.5. The van der Waals surface area contributed by atoms with Gasteiger partial charge in [-0.2, -0.15) is 16.3 Å². The zero-order chi connectivity index (χ0) is 21.9. The SMILES string of the molecule is O=C(C[n+]1ccc(CCSCc2ccc3c4c(cccc24)CC3)cc1)c1ccc(Br)cc1.[Br-]. The predicted octanol–water partition coefficient (Wildman–Crippen LogP) is 3.35. The van der Waals surface area contributed by atoms with Crippen molar-refractivity contribution in [1.29, 1.82) is 0 Å². The number of Topliss-reactive ketones (excluding diaryl/α,β-unsaturated/α-hetero) is 1. The van der Waals surface area contributed by atoms with E-state index in [0.29, 0.717) is 6.54 Å². The van der Waals surface area contributed by atoms with Crippen molar-refractivity contribution in [3.63, 3.8) is 0 Å². The summed E-state index contributed by atoms with van der Waals surface area (Å²) in [7, 11) is 0. The highest BCUT2D eigenvalue weighted by molar-refractivity contribution is 9.10. The fraction of sp³-hybridized carbons (Fsp3) is 0.214. The first-order chi connectivity index (χ1) is 15.7. The van der Waals surface area contributed by atoms with E-state index in [-0.39, 0.29) is 22.8 Å². The zero-order valence-corrected chi connectivity index (χ0v) is 22.3. The lowest BCUT2D eigenvalue weighted by Gasteiger charge is -2.09. The number of carbonyl (C=O) groups excluding carboxylic acids is 1. The third-order valence-corrected chi connectivity index (χ3v) is 7.75. The Morgan fingerprint density at radius 1 is 0.909 bits per heavy atom. The fourth-order valence-electron chi connectivity index (χ4n) is 4.46. The van der Waals surface area contributed by atoms with Crippen molar-refractivity contribution in [1.82, 2.24) is 0 Å². The molecule has 1 aliphatic rings. The van der Waals surface area contributed by atoms with Crippen molar-refractivity contribution in [2.75, 3.05) is 5.75 Å². The van der Waals surface area contributed by atoms with Gasteiger partial charge in [-0.15, -0.1) is 0 Å². The molecule has 1 heterocycles. The maximum atomic E-state index is 12.5. The Balaban J connectivity index is 0.00000259. The molecule has 1 aliphatic carbocycles. The number of nitrogens with zero attached hydrogens (tertiary/aromatic N) is 1. The van der Waals surface area contributed by atoms with Gasteiger partial charge in [-0.3, -0.25) is 4.79 Å². The van der Waals surface area contributed by atoms with Crippen molar-refractivity contribution in [2.24, 2.45) is 0 Å². The first-order valence-electron chi connectivity index (χ1n) is 11.0. The summed E-state index contributed by atoms with van der Waals surface area (Å²) in [5.74, 6) is 2.26. The molecule has 33 heavy (non-hydrogen) atoms. The highest BCUT2D eigenvalue weighted by atomic mass is 79.9. The summed E-state index contributed by atoms with van der Waals surface area (Å²) in [6, 6.07) is 23.2. The topological polar surface area (TPSA) is 20.9 Å². The molecular weight excluding hydrogens is 558 g/mol. The van der Waals surface area contributed by atoms with Gasteiger partial charge in [0.1, 0.15) is 0 Å². The zero-order valence-electron chi connectivity index (χ0n) is 18.3. The Morgan fingerprint density at radius 2 is 1.64 bits per heavy atom. The lowest BCUT2D eigenvalue weighted by Crippen LogP contribution is -3.00. The summed E-state index contributed by atoms with van der Waals surface area (Å²) in [6.45, 7) is 0.363. The van der Waals surface area contributed by atoms with Crippen molar-refractivity contribution in [3.8, 4) is 0 Å². The van der Waals surface area contributed by atoms with Gasteiger partial charge in [-0.25, -0.2) is 0 Å². The minimum Gasteiger partial charge on any atom is -1.00 e. The normalized spacial score (nSPS) is 12.0. The smallest absolute Gasteiger partial charge is 0.227 e. The molecule has 0 radical (unpaired) electrons. The molecule has 0 unspecified atom stereocenters. The van der Waals surface area contributed by atoms with Gasteiger partial charge in [0.05, 0.1) is 0 Å². The molecule has 0 bridgehead atoms. The molecule has 2 nitrogen and oxygen atoms in total. The standard InChI is InChI=1S/C28H25BrNOS.BrH/c29-25-10-8-21(9-11-25)27(31)18-30-15-12-20(13-16-30)14-17-32-19-24-7-6-23-5-4-22-2-1-3-26(24)28(22)23;/h1-3,6-13,15-16H,4-5,14,17-19H2;1H/q+1;/p-1. The molecule has 0 atom stereocenters. The second-order valence-corrected chi connectivity index (χ2v) is 10.4. The second kappa shape index (κ2) is 11.0. The quantitative estimate of drug-likeness (QED) is 0.180. The van der Waals surface area contributed by atoms with E-state index >= 15 is 0 Å². The van der Waals surface area contributed by atoms with E-state index in [4.69, 9.17) is 0 Å². The highest BCUT2D eigenvalue weighted by Crippen LogP contribution is 2.34. The summed E-state index contributed by atoms with van der Waals surface area (Å²) in [5, 5.41) is 2.96. The predicted molar refractivity (Wildman–Crippen MR) is 136 cm³/mol. The van der Waals surface area contributed by atoms with Crippen LogP contribution in [0.5, 0.6) is 0 Å². The summed E-state index contributed by atoms with van der Waals surface area (Å²) < 4.78 is 2.94. The molecule has 0 saturated heterocycles. The lowest BCUT2D eigenvalue weighted by atomic mass is 10.0. The molecule has 0 N–H and O–H groups in total. The molecule has 0 spiro atoms. The molecule has 4 aromatic rings. The van der Waals surface area contributed by atoms with Gasteiger partial charge in [0.2, 0.25) is 12.3 Å². The second-order valence-electron chi connectivity index (χ2n) is 8.33. The molecule has 0 amide bonds. The van der Waals surface area contributed by atoms with E-state index in [1.807, 2.05) is 53.0 Å². The molecule has 0 aliphatic heterocycles. The number of rotatable bonds is 8. The van der Waals surface area contributed by atoms with Crippen molar-refractivity contribution in [3.05, 3.63) is 111 Å². The fourth-order valence-corrected chi connectivity index (χ4v) is 5.72. The van der Waals surface area contributed by atoms with Crippen molar-refractivity contribution in [2.45, 2.75) is 31.6 Å². The Labute approximate surface area is 218 Å². The third kappa shape index (κ3) is 5.59. The molecule has 1 aromatic heterocycles. The van der Waals surface area contributed by atoms with E-state index in [0.717, 1.165) is 28.0 Å². The number of thioether (sulfide) groups is 1. The number of hydrogen-bond donors (Lipinski definition) is 0. The van der Waals surface area contributed by atoms with Gasteiger partial charge >= 0.3 is 0 Å². The number of carbonyl (C=O) groups is 1. The van der Waals surface area contributed by atoms with Gasteiger partial charge in [0, 0.05) is 27.9 Å². The molecular formula is C28H25Br2NOS. The van der Waals surface area contributed by atoms with Gasteiger partial charge < -0.3 is 17.0 Å². The van der Waals surface area contributed by atoms with Gasteiger partial charge in [-0.1, -0.05) is 58.4 Å². The third-order valence-electron chi connectivity index (χ3n) is 6.21. The lowest BCUT2D eigenvalue weighted by molar-refractivity contribution is -0.683. The number of pyridine rings is 1. The van der Waals surface area contributed by atoms with Crippen LogP contribution in [0.25, 0.3) is 10.8 Å². The number of aryl methyl sites for hydroxylation is 3. The monoisotopic (exact) mass is 581 g/mol. The average molecular weight is 583 g/mol. The molecule has 3 aromatic carbocycles. The van der Waals surface area contributed by atoms with Gasteiger partial charge in [0.15, 0.2) is 12.4 Å². The summed E-state index contributed by atoms with van der Waals surface area (Å²) in [5.41, 5.74) is 6.53. The van der Waals surface area contributed by atoms with Crippen LogP contribution < -0.4 is 21.5 Å². The molecule has 5 heteroatoms. The number of ketones is 1. The first kappa shape index (κ1) is 24.2. The first-order valence-corrected chi connectivity index (χ1v) is 13.0. The molecule has 5 rings (SSSR count). The van der Waals surface area contributed by atoms with Crippen LogP contribution in [-0.4, -0.2) is 11.5 Å². The maximum Gasteiger partial charge on any atom is 0.227 e. The van der Waals surface area contributed by atoms with Crippen molar-refractivity contribution >= 4 is 44.2 Å². The van der Waals surface area contributed by atoms with Crippen LogP contribution in [0, 0.1) is 0 Å². The van der Waals surface area contributed by atoms with Crippen LogP contribution in [0.15, 0.2) is 83.6 Å². The minimum atomic E-state index is 0. The summed E-state index contributed by atoms with van der Waals surface area (Å²) in [4.78, 5) is 12.5. The van der Waals surface area contributed by atoms with E-state index < -0.39 is 0 Å². The van der Waals surface area contributed by atoms with Crippen LogP contribution >= 0.6 is 27.7 Å². The Hall–Kier alpha value is -1.95. The summed E-state index contributed by atoms with van der Waals surface area (Å²) in [6.07, 6.45) is 7.44. The van der Waals surface area contributed by atoms with E-state index in [2.05, 4.69) is 58.4 Å². The summed E-state index contributed by atoms with van der Waals surface area (Å²) >= 11 is 5.41. The Bertz CT molecular complexity index is 1260. The van der Waals surface area contributed by atoms with Crippen LogP contribution in [0.3, 0.4) is 0 Å². The van der Waals surface area contributed by atoms with E-state index in [9.17, 15) is 4.79 Å². The molecule has 168 valence electrons. The van der Waals surface area contributed by atoms with E-state index in [1.54, 1.807) is 0 Å². The molecule has 0 fully saturated rings. The average Bonchev–Trinajstić information content (AvgIpc) is 3.24. The molecule has 0 saturated carbocycles. The van der Waals surface area contributed by atoms with Crippen molar-refractivity contribution < 1.29 is 26.3 Å². The number of halogens is 2. The minimum absolute atomic E-state index is 0. The highest BCUT2D eigenvalue weighted by Gasteiger charge is 2.16. The Kier molecular flexibility index (Phi) is 8.05. The van der Waals surface area contributed by atoms with Gasteiger partial charge in [-0.05, 0) is 70.2 Å². The van der Waals surface area contributed by atoms with Crippen LogP contribution in [0.2, 0.25) is 0 Å². The van der Waals surface area contributed by atoms with Crippen LogP contribution in [0.4, 0.5) is 0 Å².